The van der Waals surface area contributed by atoms with Gasteiger partial charge in [-0.05, 0) is 23.8 Å². The zero-order chi connectivity index (χ0) is 16.9. The van der Waals surface area contributed by atoms with E-state index in [2.05, 4.69) is 60.7 Å². The van der Waals surface area contributed by atoms with Gasteiger partial charge in [0.05, 0.1) is 0 Å². The minimum Gasteiger partial charge on any atom is -0.294 e. The first kappa shape index (κ1) is 16.6. The average Bonchev–Trinajstić information content (AvgIpc) is 2.64. The predicted molar refractivity (Wildman–Crippen MR) is 104 cm³/mol. The van der Waals surface area contributed by atoms with E-state index in [0.717, 1.165) is 5.56 Å². The van der Waals surface area contributed by atoms with Crippen molar-refractivity contribution in [2.75, 3.05) is 0 Å². The second kappa shape index (κ2) is 7.55. The molecular weight excluding hydrogens is 311 g/mol. The lowest BCUT2D eigenvalue weighted by atomic mass is 10.0. The van der Waals surface area contributed by atoms with Gasteiger partial charge in [-0.2, -0.15) is 0 Å². The van der Waals surface area contributed by atoms with Gasteiger partial charge in [0.1, 0.15) is 0 Å². The van der Waals surface area contributed by atoms with Gasteiger partial charge in [-0.1, -0.05) is 98.8 Å². The summed E-state index contributed by atoms with van der Waals surface area (Å²) in [5.41, 5.74) is 0.796. The van der Waals surface area contributed by atoms with Crippen molar-refractivity contribution in [3.63, 3.8) is 0 Å². The number of carbonyl (C=O) groups excluding carboxylic acids is 1. The molecule has 0 aliphatic heterocycles. The average molecular weight is 332 g/mol. The molecular formula is C22H21OP. The van der Waals surface area contributed by atoms with Gasteiger partial charge in [0, 0.05) is 11.5 Å². The summed E-state index contributed by atoms with van der Waals surface area (Å²) < 4.78 is 0. The number of benzene rings is 3. The van der Waals surface area contributed by atoms with Crippen LogP contribution in [-0.4, -0.2) is 5.78 Å². The monoisotopic (exact) mass is 332 g/mol. The molecule has 120 valence electrons. The highest BCUT2D eigenvalue weighted by molar-refractivity contribution is 7.79. The second-order valence-electron chi connectivity index (χ2n) is 6.07. The van der Waals surface area contributed by atoms with Crippen molar-refractivity contribution in [2.45, 2.75) is 13.8 Å². The highest BCUT2D eigenvalue weighted by atomic mass is 31.1. The lowest BCUT2D eigenvalue weighted by Crippen LogP contribution is -2.20. The summed E-state index contributed by atoms with van der Waals surface area (Å²) in [5, 5.41) is 3.91. The Morgan fingerprint density at radius 3 is 1.50 bits per heavy atom. The third kappa shape index (κ3) is 3.63. The molecule has 0 aliphatic carbocycles. The van der Waals surface area contributed by atoms with Gasteiger partial charge in [-0.15, -0.1) is 0 Å². The summed E-state index contributed by atoms with van der Waals surface area (Å²) in [6, 6.07) is 29.4. The van der Waals surface area contributed by atoms with Crippen LogP contribution in [0.5, 0.6) is 0 Å². The summed E-state index contributed by atoms with van der Waals surface area (Å²) in [4.78, 5) is 12.2. The first-order chi connectivity index (χ1) is 11.7. The maximum atomic E-state index is 12.2. The van der Waals surface area contributed by atoms with Gasteiger partial charge in [-0.25, -0.2) is 0 Å². The molecule has 2 heteroatoms. The van der Waals surface area contributed by atoms with E-state index in [1.54, 1.807) is 0 Å². The maximum Gasteiger partial charge on any atom is 0.165 e. The number of hydrogen-bond donors (Lipinski definition) is 0. The number of carbonyl (C=O) groups is 1. The Balaban J connectivity index is 2.02. The minimum atomic E-state index is -0.604. The molecule has 0 unspecified atom stereocenters. The summed E-state index contributed by atoms with van der Waals surface area (Å²) in [5.74, 6) is 0.228. The lowest BCUT2D eigenvalue weighted by molar-refractivity contribution is 0.0939. The summed E-state index contributed by atoms with van der Waals surface area (Å²) in [7, 11) is -0.604. The Kier molecular flexibility index (Phi) is 5.23. The molecule has 0 radical (unpaired) electrons. The van der Waals surface area contributed by atoms with Crippen molar-refractivity contribution in [3.8, 4) is 0 Å². The molecule has 0 heterocycles. The van der Waals surface area contributed by atoms with Gasteiger partial charge < -0.3 is 0 Å². The molecule has 0 fully saturated rings. The third-order valence-corrected chi connectivity index (χ3v) is 6.41. The molecule has 0 N–H and O–H groups in total. The molecule has 0 bridgehead atoms. The van der Waals surface area contributed by atoms with Crippen LogP contribution in [0.3, 0.4) is 0 Å². The molecule has 3 aromatic carbocycles. The van der Waals surface area contributed by atoms with Crippen LogP contribution in [0.1, 0.15) is 24.2 Å². The SMILES string of the molecule is CC(C)C(=O)c1ccc(P(c2ccccc2)c2ccccc2)cc1. The van der Waals surface area contributed by atoms with Crippen LogP contribution in [-0.2, 0) is 0 Å². The molecule has 3 rings (SSSR count). The van der Waals surface area contributed by atoms with E-state index < -0.39 is 7.92 Å². The Labute approximate surface area is 145 Å². The molecule has 24 heavy (non-hydrogen) atoms. The van der Waals surface area contributed by atoms with Gasteiger partial charge in [0.25, 0.3) is 0 Å². The Hall–Kier alpha value is -2.24. The van der Waals surface area contributed by atoms with E-state index in [4.69, 9.17) is 0 Å². The maximum absolute atomic E-state index is 12.2. The molecule has 0 saturated heterocycles. The number of ketones is 1. The first-order valence-electron chi connectivity index (χ1n) is 8.21. The normalized spacial score (nSPS) is 11.0. The fourth-order valence-corrected chi connectivity index (χ4v) is 4.99. The molecule has 0 saturated carbocycles. The largest absolute Gasteiger partial charge is 0.294 e. The van der Waals surface area contributed by atoms with E-state index in [1.165, 1.54) is 15.9 Å². The van der Waals surface area contributed by atoms with Gasteiger partial charge >= 0.3 is 0 Å². The number of Topliss-reactive ketones (excluding diaryl/α,β-unsaturated/α-hetero) is 1. The molecule has 0 aromatic heterocycles. The van der Waals surface area contributed by atoms with E-state index in [-0.39, 0.29) is 11.7 Å². The van der Waals surface area contributed by atoms with Gasteiger partial charge in [0.15, 0.2) is 5.78 Å². The van der Waals surface area contributed by atoms with Crippen molar-refractivity contribution in [1.29, 1.82) is 0 Å². The van der Waals surface area contributed by atoms with E-state index in [0.29, 0.717) is 0 Å². The fourth-order valence-electron chi connectivity index (χ4n) is 2.71. The smallest absolute Gasteiger partial charge is 0.165 e. The quantitative estimate of drug-likeness (QED) is 0.503. The zero-order valence-electron chi connectivity index (χ0n) is 14.0. The van der Waals surface area contributed by atoms with Crippen molar-refractivity contribution >= 4 is 29.6 Å². The van der Waals surface area contributed by atoms with Crippen molar-refractivity contribution in [2.24, 2.45) is 5.92 Å². The van der Waals surface area contributed by atoms with Crippen LogP contribution < -0.4 is 15.9 Å². The zero-order valence-corrected chi connectivity index (χ0v) is 14.9. The van der Waals surface area contributed by atoms with Crippen molar-refractivity contribution in [3.05, 3.63) is 90.5 Å². The first-order valence-corrected chi connectivity index (χ1v) is 9.55. The van der Waals surface area contributed by atoms with Crippen LogP contribution >= 0.6 is 7.92 Å². The van der Waals surface area contributed by atoms with E-state index >= 15 is 0 Å². The second-order valence-corrected chi connectivity index (χ2v) is 8.29. The standard InChI is InChI=1S/C22H21OP/c1-17(2)22(23)18-13-15-21(16-14-18)24(19-9-5-3-6-10-19)20-11-7-4-8-12-20/h3-17H,1-2H3. The molecule has 0 atom stereocenters. The molecule has 0 amide bonds. The van der Waals surface area contributed by atoms with Crippen LogP contribution in [0.15, 0.2) is 84.9 Å². The highest BCUT2D eigenvalue weighted by Gasteiger charge is 2.17. The van der Waals surface area contributed by atoms with Crippen LogP contribution in [0.4, 0.5) is 0 Å². The summed E-state index contributed by atoms with van der Waals surface area (Å²) in [6.45, 7) is 3.88. The highest BCUT2D eigenvalue weighted by Crippen LogP contribution is 2.32. The van der Waals surface area contributed by atoms with Crippen LogP contribution in [0.2, 0.25) is 0 Å². The Bertz CT molecular complexity index is 753. The predicted octanol–water partition coefficient (Wildman–Crippen LogP) is 4.28. The third-order valence-electron chi connectivity index (χ3n) is 3.96. The minimum absolute atomic E-state index is 0.0283. The molecule has 1 nitrogen and oxygen atoms in total. The summed E-state index contributed by atoms with van der Waals surface area (Å²) in [6.07, 6.45) is 0. The molecule has 0 aliphatic rings. The Morgan fingerprint density at radius 1 is 0.667 bits per heavy atom. The van der Waals surface area contributed by atoms with E-state index in [9.17, 15) is 4.79 Å². The lowest BCUT2D eigenvalue weighted by Gasteiger charge is -2.19. The molecule has 3 aromatic rings. The van der Waals surface area contributed by atoms with E-state index in [1.807, 2.05) is 38.1 Å². The molecule has 0 spiro atoms. The Morgan fingerprint density at radius 2 is 1.08 bits per heavy atom. The van der Waals surface area contributed by atoms with Crippen molar-refractivity contribution in [1.82, 2.24) is 0 Å². The van der Waals surface area contributed by atoms with Crippen molar-refractivity contribution < 1.29 is 4.79 Å². The fraction of sp³-hybridized carbons (Fsp3) is 0.136. The number of rotatable bonds is 5. The van der Waals surface area contributed by atoms with Crippen LogP contribution in [0.25, 0.3) is 0 Å². The topological polar surface area (TPSA) is 17.1 Å². The summed E-state index contributed by atoms with van der Waals surface area (Å²) >= 11 is 0. The van der Waals surface area contributed by atoms with Crippen LogP contribution in [0, 0.1) is 5.92 Å². The number of hydrogen-bond acceptors (Lipinski definition) is 1. The van der Waals surface area contributed by atoms with Gasteiger partial charge in [0.2, 0.25) is 0 Å². The van der Waals surface area contributed by atoms with Gasteiger partial charge in [-0.3, -0.25) is 4.79 Å².